The Labute approximate surface area is 226 Å². The second kappa shape index (κ2) is 11.3. The normalized spacial score (nSPS) is 11.4. The number of esters is 1. The summed E-state index contributed by atoms with van der Waals surface area (Å²) in [6.07, 6.45) is 1.05. The number of ether oxygens (including phenoxy) is 2. The van der Waals surface area contributed by atoms with Gasteiger partial charge in [0.05, 0.1) is 24.2 Å². The standard InChI is InChI=1S/C28H27ClN2O6S/c1-17-14-20(15-18(2)25(17)29)37-13-7-11-23-22-10-4-5-12-24(22)30-26(23)27(32)31-38(34,35)21-9-6-8-19(16-21)28(33)36-3/h4-6,8-10,12,14-16,30H,7,11,13H2,1-3H3,(H,31,32). The highest BCUT2D eigenvalue weighted by atomic mass is 35.5. The molecule has 3 aromatic carbocycles. The zero-order valence-electron chi connectivity index (χ0n) is 21.1. The topological polar surface area (TPSA) is 115 Å². The van der Waals surface area contributed by atoms with Gasteiger partial charge in [0, 0.05) is 15.9 Å². The van der Waals surface area contributed by atoms with Crippen molar-refractivity contribution in [3.63, 3.8) is 0 Å². The van der Waals surface area contributed by atoms with E-state index in [-0.39, 0.29) is 16.2 Å². The highest BCUT2D eigenvalue weighted by molar-refractivity contribution is 7.90. The van der Waals surface area contributed by atoms with Crippen LogP contribution >= 0.6 is 11.6 Å². The Morgan fingerprint density at radius 2 is 1.71 bits per heavy atom. The summed E-state index contributed by atoms with van der Waals surface area (Å²) in [6.45, 7) is 4.22. The minimum absolute atomic E-state index is 0.0557. The van der Waals surface area contributed by atoms with E-state index in [1.165, 1.54) is 25.3 Å². The molecule has 4 aromatic rings. The Balaban J connectivity index is 1.53. The van der Waals surface area contributed by atoms with Gasteiger partial charge in [-0.25, -0.2) is 17.9 Å². The Kier molecular flexibility index (Phi) is 8.08. The first kappa shape index (κ1) is 27.2. The molecule has 1 aromatic heterocycles. The van der Waals surface area contributed by atoms with Crippen LogP contribution in [-0.2, 0) is 21.2 Å². The number of benzene rings is 3. The Morgan fingerprint density at radius 1 is 1.00 bits per heavy atom. The number of aryl methyl sites for hydroxylation is 3. The van der Waals surface area contributed by atoms with Gasteiger partial charge in [-0.05, 0) is 79.8 Å². The number of aromatic amines is 1. The van der Waals surface area contributed by atoms with E-state index in [9.17, 15) is 18.0 Å². The maximum Gasteiger partial charge on any atom is 0.337 e. The Bertz CT molecular complexity index is 1600. The predicted octanol–water partition coefficient (Wildman–Crippen LogP) is 5.36. The molecule has 0 aliphatic rings. The fraction of sp³-hybridized carbons (Fsp3) is 0.214. The second-order valence-corrected chi connectivity index (χ2v) is 10.9. The lowest BCUT2D eigenvalue weighted by atomic mass is 10.1. The summed E-state index contributed by atoms with van der Waals surface area (Å²) in [6, 6.07) is 16.4. The van der Waals surface area contributed by atoms with Gasteiger partial charge in [-0.2, -0.15) is 0 Å². The van der Waals surface area contributed by atoms with Gasteiger partial charge in [0.1, 0.15) is 11.4 Å². The van der Waals surface area contributed by atoms with Crippen molar-refractivity contribution in [1.82, 2.24) is 9.71 Å². The van der Waals surface area contributed by atoms with Gasteiger partial charge in [-0.3, -0.25) is 4.79 Å². The third-order valence-corrected chi connectivity index (χ3v) is 8.01. The highest BCUT2D eigenvalue weighted by Gasteiger charge is 2.24. The van der Waals surface area contributed by atoms with Crippen molar-refractivity contribution in [3.8, 4) is 5.75 Å². The molecule has 4 rings (SSSR count). The van der Waals surface area contributed by atoms with Crippen LogP contribution < -0.4 is 9.46 Å². The molecule has 10 heteroatoms. The maximum atomic E-state index is 13.2. The molecule has 2 N–H and O–H groups in total. The number of halogens is 1. The number of sulfonamides is 1. The fourth-order valence-corrected chi connectivity index (χ4v) is 5.34. The van der Waals surface area contributed by atoms with Gasteiger partial charge in [0.15, 0.2) is 0 Å². The molecule has 0 saturated carbocycles. The molecule has 0 aliphatic carbocycles. The number of rotatable bonds is 9. The van der Waals surface area contributed by atoms with E-state index in [0.717, 1.165) is 22.6 Å². The summed E-state index contributed by atoms with van der Waals surface area (Å²) in [5, 5.41) is 1.53. The van der Waals surface area contributed by atoms with Crippen LogP contribution in [0.3, 0.4) is 0 Å². The molecule has 0 radical (unpaired) electrons. The average molecular weight is 555 g/mol. The zero-order valence-corrected chi connectivity index (χ0v) is 22.7. The lowest BCUT2D eigenvalue weighted by molar-refractivity contribution is 0.0600. The molecule has 8 nitrogen and oxygen atoms in total. The molecular formula is C28H27ClN2O6S. The summed E-state index contributed by atoms with van der Waals surface area (Å²) in [7, 11) is -3.06. The summed E-state index contributed by atoms with van der Waals surface area (Å²) < 4.78 is 38.6. The first-order valence-electron chi connectivity index (χ1n) is 11.9. The molecule has 0 saturated heterocycles. The molecule has 0 atom stereocenters. The van der Waals surface area contributed by atoms with Gasteiger partial charge < -0.3 is 14.5 Å². The summed E-state index contributed by atoms with van der Waals surface area (Å²) in [5.41, 5.74) is 3.45. The molecule has 1 heterocycles. The van der Waals surface area contributed by atoms with E-state index in [2.05, 4.69) is 14.4 Å². The summed E-state index contributed by atoms with van der Waals surface area (Å²) >= 11 is 6.23. The number of hydrogen-bond donors (Lipinski definition) is 2. The lowest BCUT2D eigenvalue weighted by Gasteiger charge is -2.11. The lowest BCUT2D eigenvalue weighted by Crippen LogP contribution is -2.31. The minimum Gasteiger partial charge on any atom is -0.494 e. The zero-order chi connectivity index (χ0) is 27.4. The number of methoxy groups -OCH3 is 1. The SMILES string of the molecule is COC(=O)c1cccc(S(=O)(=O)NC(=O)c2[nH]c3ccccc3c2CCCOc2cc(C)c(Cl)c(C)c2)c1. The van der Waals surface area contributed by atoms with Gasteiger partial charge >= 0.3 is 5.97 Å². The van der Waals surface area contributed by atoms with Crippen LogP contribution in [0.15, 0.2) is 65.6 Å². The molecule has 198 valence electrons. The molecular weight excluding hydrogens is 528 g/mol. The third kappa shape index (κ3) is 5.84. The number of carbonyl (C=O) groups is 2. The van der Waals surface area contributed by atoms with Gasteiger partial charge in [-0.1, -0.05) is 35.9 Å². The van der Waals surface area contributed by atoms with Gasteiger partial charge in [-0.15, -0.1) is 0 Å². The molecule has 1 amide bonds. The predicted molar refractivity (Wildman–Crippen MR) is 145 cm³/mol. The summed E-state index contributed by atoms with van der Waals surface area (Å²) in [5.74, 6) is -0.775. The highest BCUT2D eigenvalue weighted by Crippen LogP contribution is 2.27. The molecule has 38 heavy (non-hydrogen) atoms. The van der Waals surface area contributed by atoms with Crippen LogP contribution in [0.1, 0.15) is 44.0 Å². The average Bonchev–Trinajstić information content (AvgIpc) is 3.28. The smallest absolute Gasteiger partial charge is 0.337 e. The van der Waals surface area contributed by atoms with Crippen LogP contribution in [0.5, 0.6) is 5.75 Å². The van der Waals surface area contributed by atoms with Crippen LogP contribution in [0.25, 0.3) is 10.9 Å². The van der Waals surface area contributed by atoms with E-state index in [4.69, 9.17) is 16.3 Å². The van der Waals surface area contributed by atoms with E-state index in [0.29, 0.717) is 41.3 Å². The van der Waals surface area contributed by atoms with Crippen molar-refractivity contribution in [2.45, 2.75) is 31.6 Å². The number of carbonyl (C=O) groups excluding carboxylic acids is 2. The van der Waals surface area contributed by atoms with Crippen molar-refractivity contribution >= 4 is 44.4 Å². The summed E-state index contributed by atoms with van der Waals surface area (Å²) in [4.78, 5) is 27.8. The number of H-pyrrole nitrogens is 1. The van der Waals surface area contributed by atoms with Crippen LogP contribution in [0, 0.1) is 13.8 Å². The van der Waals surface area contributed by atoms with Crippen LogP contribution in [0.4, 0.5) is 0 Å². The van der Waals surface area contributed by atoms with Crippen LogP contribution in [-0.4, -0.2) is 39.0 Å². The van der Waals surface area contributed by atoms with Gasteiger partial charge in [0.2, 0.25) is 0 Å². The molecule has 0 fully saturated rings. The Hall–Kier alpha value is -3.82. The van der Waals surface area contributed by atoms with Crippen molar-refractivity contribution < 1.29 is 27.5 Å². The first-order valence-corrected chi connectivity index (χ1v) is 13.7. The van der Waals surface area contributed by atoms with Gasteiger partial charge in [0.25, 0.3) is 15.9 Å². The quantitative estimate of drug-likeness (QED) is 0.213. The molecule has 0 unspecified atom stereocenters. The minimum atomic E-state index is -4.26. The van der Waals surface area contributed by atoms with Crippen molar-refractivity contribution in [3.05, 3.63) is 93.6 Å². The Morgan fingerprint density at radius 3 is 2.42 bits per heavy atom. The van der Waals surface area contributed by atoms with Crippen LogP contribution in [0.2, 0.25) is 5.02 Å². The van der Waals surface area contributed by atoms with E-state index >= 15 is 0 Å². The monoisotopic (exact) mass is 554 g/mol. The van der Waals surface area contributed by atoms with E-state index in [1.54, 1.807) is 0 Å². The van der Waals surface area contributed by atoms with Crippen molar-refractivity contribution in [2.75, 3.05) is 13.7 Å². The number of para-hydroxylation sites is 1. The van der Waals surface area contributed by atoms with Crippen molar-refractivity contribution in [2.24, 2.45) is 0 Å². The third-order valence-electron chi connectivity index (χ3n) is 6.08. The number of amides is 1. The fourth-order valence-electron chi connectivity index (χ4n) is 4.22. The van der Waals surface area contributed by atoms with Crippen molar-refractivity contribution in [1.29, 1.82) is 0 Å². The van der Waals surface area contributed by atoms with E-state index < -0.39 is 21.9 Å². The van der Waals surface area contributed by atoms with E-state index in [1.807, 2.05) is 50.2 Å². The maximum absolute atomic E-state index is 13.2. The second-order valence-electron chi connectivity index (χ2n) is 8.80. The number of hydrogen-bond acceptors (Lipinski definition) is 6. The first-order chi connectivity index (χ1) is 18.1. The number of nitrogens with one attached hydrogen (secondary N) is 2. The largest absolute Gasteiger partial charge is 0.494 e. The molecule has 0 bridgehead atoms. The number of fused-ring (bicyclic) bond motifs is 1. The number of aromatic nitrogens is 1. The molecule has 0 aliphatic heterocycles. The molecule has 0 spiro atoms.